The van der Waals surface area contributed by atoms with Gasteiger partial charge in [-0.05, 0) is 60.9 Å². The summed E-state index contributed by atoms with van der Waals surface area (Å²) in [5, 5.41) is 0.258. The van der Waals surface area contributed by atoms with Crippen LogP contribution in [0.5, 0.6) is 0 Å². The average Bonchev–Trinajstić information content (AvgIpc) is 3.44. The highest BCUT2D eigenvalue weighted by Gasteiger charge is 2.39. The van der Waals surface area contributed by atoms with Crippen molar-refractivity contribution in [2.45, 2.75) is 44.2 Å². The molecule has 1 saturated carbocycles. The zero-order valence-corrected chi connectivity index (χ0v) is 16.7. The van der Waals surface area contributed by atoms with E-state index in [1.165, 1.54) is 17.3 Å². The number of rotatable bonds is 4. The molecule has 4 nitrogen and oxygen atoms in total. The number of amides is 1. The molecular formula is C23H21ClFN3O. The Bertz CT molecular complexity index is 1010. The lowest BCUT2D eigenvalue weighted by Crippen LogP contribution is -2.43. The molecule has 6 heteroatoms. The van der Waals surface area contributed by atoms with E-state index in [1.54, 1.807) is 24.3 Å². The molecule has 1 amide bonds. The maximum atomic E-state index is 14.2. The van der Waals surface area contributed by atoms with Crippen molar-refractivity contribution in [1.82, 2.24) is 9.88 Å². The van der Waals surface area contributed by atoms with Crippen LogP contribution in [0.15, 0.2) is 52.8 Å². The molecule has 0 spiro atoms. The van der Waals surface area contributed by atoms with Crippen molar-refractivity contribution in [1.29, 1.82) is 0 Å². The summed E-state index contributed by atoms with van der Waals surface area (Å²) in [6.45, 7) is 0.828. The van der Waals surface area contributed by atoms with Crippen molar-refractivity contribution in [2.75, 3.05) is 6.54 Å². The second-order valence-electron chi connectivity index (χ2n) is 7.99. The highest BCUT2D eigenvalue weighted by atomic mass is 35.5. The van der Waals surface area contributed by atoms with E-state index in [-0.39, 0.29) is 17.0 Å². The van der Waals surface area contributed by atoms with Crippen molar-refractivity contribution >= 4 is 23.7 Å². The number of benzene rings is 1. The molecule has 148 valence electrons. The minimum atomic E-state index is -0.472. The normalized spacial score (nSPS) is 20.7. The maximum absolute atomic E-state index is 14.2. The third-order valence-electron chi connectivity index (χ3n) is 6.06. The predicted molar refractivity (Wildman–Crippen MR) is 112 cm³/mol. The van der Waals surface area contributed by atoms with E-state index < -0.39 is 5.82 Å². The summed E-state index contributed by atoms with van der Waals surface area (Å²) in [6, 6.07) is 7.62. The minimum absolute atomic E-state index is 0.0596. The van der Waals surface area contributed by atoms with Crippen LogP contribution in [0.2, 0.25) is 5.02 Å². The molecule has 2 aliphatic carbocycles. The van der Waals surface area contributed by atoms with Crippen LogP contribution in [0, 0.1) is 5.82 Å². The summed E-state index contributed by atoms with van der Waals surface area (Å²) in [6.07, 6.45) is 9.61. The molecule has 3 aliphatic rings. The highest BCUT2D eigenvalue weighted by Crippen LogP contribution is 2.38. The lowest BCUT2D eigenvalue weighted by molar-refractivity contribution is 0.0645. The maximum Gasteiger partial charge on any atom is 0.254 e. The lowest BCUT2D eigenvalue weighted by atomic mass is 9.88. The van der Waals surface area contributed by atoms with Gasteiger partial charge < -0.3 is 4.90 Å². The molecule has 0 radical (unpaired) electrons. The summed E-state index contributed by atoms with van der Waals surface area (Å²) >= 11 is 6.12. The summed E-state index contributed by atoms with van der Waals surface area (Å²) in [7, 11) is 0. The van der Waals surface area contributed by atoms with Gasteiger partial charge in [-0.25, -0.2) is 4.39 Å². The van der Waals surface area contributed by atoms with Crippen molar-refractivity contribution in [3.63, 3.8) is 0 Å². The van der Waals surface area contributed by atoms with Crippen molar-refractivity contribution < 1.29 is 9.18 Å². The number of carbonyl (C=O) groups excluding carboxylic acids is 1. The Labute approximate surface area is 174 Å². The Hall–Kier alpha value is -2.53. The molecule has 1 atom stereocenters. The monoisotopic (exact) mass is 409 g/mol. The fourth-order valence-corrected chi connectivity index (χ4v) is 4.68. The molecule has 2 heterocycles. The van der Waals surface area contributed by atoms with Gasteiger partial charge in [0.1, 0.15) is 0 Å². The third-order valence-corrected chi connectivity index (χ3v) is 6.35. The van der Waals surface area contributed by atoms with Crippen LogP contribution >= 0.6 is 11.6 Å². The van der Waals surface area contributed by atoms with E-state index in [0.29, 0.717) is 22.7 Å². The standard InChI is InChI=1S/C23H21ClFN3O/c24-20-12-27-13-21(25)22(20)14-1-3-15(4-2-14)23(29)28(18-7-8-18)19-6-5-16-10-26-11-17(16)9-19/h1-4,11-13,18-19H,5-10H2. The van der Waals surface area contributed by atoms with Crippen LogP contribution in [0.3, 0.4) is 0 Å². The molecule has 1 aliphatic heterocycles. The number of aliphatic imine (C=N–C) groups is 1. The topological polar surface area (TPSA) is 45.6 Å². The summed E-state index contributed by atoms with van der Waals surface area (Å²) in [5.74, 6) is -0.412. The second-order valence-corrected chi connectivity index (χ2v) is 8.40. The zero-order chi connectivity index (χ0) is 20.0. The minimum Gasteiger partial charge on any atom is -0.332 e. The van der Waals surface area contributed by atoms with Crippen molar-refractivity contribution in [3.05, 3.63) is 64.2 Å². The first-order chi connectivity index (χ1) is 14.1. The van der Waals surface area contributed by atoms with E-state index in [2.05, 4.69) is 14.9 Å². The summed E-state index contributed by atoms with van der Waals surface area (Å²) in [4.78, 5) is 23.6. The van der Waals surface area contributed by atoms with Crippen LogP contribution in [-0.4, -0.2) is 40.6 Å². The van der Waals surface area contributed by atoms with Crippen LogP contribution in [0.25, 0.3) is 11.1 Å². The van der Waals surface area contributed by atoms with E-state index in [4.69, 9.17) is 11.6 Å². The fourth-order valence-electron chi connectivity index (χ4n) is 4.43. The van der Waals surface area contributed by atoms with E-state index >= 15 is 0 Å². The van der Waals surface area contributed by atoms with Crippen LogP contribution < -0.4 is 0 Å². The number of hydrogen-bond acceptors (Lipinski definition) is 3. The molecule has 1 aromatic carbocycles. The smallest absolute Gasteiger partial charge is 0.254 e. The van der Waals surface area contributed by atoms with Crippen molar-refractivity contribution in [2.24, 2.45) is 4.99 Å². The molecule has 2 aromatic rings. The van der Waals surface area contributed by atoms with Crippen LogP contribution in [0.1, 0.15) is 42.5 Å². The van der Waals surface area contributed by atoms with Gasteiger partial charge in [0, 0.05) is 35.6 Å². The lowest BCUT2D eigenvalue weighted by Gasteiger charge is -2.35. The van der Waals surface area contributed by atoms with Gasteiger partial charge in [-0.3, -0.25) is 14.8 Å². The first-order valence-electron chi connectivity index (χ1n) is 10.0. The Morgan fingerprint density at radius 1 is 1.10 bits per heavy atom. The molecule has 5 rings (SSSR count). The van der Waals surface area contributed by atoms with Crippen molar-refractivity contribution in [3.8, 4) is 11.1 Å². The molecule has 0 bridgehead atoms. The van der Waals surface area contributed by atoms with E-state index in [9.17, 15) is 9.18 Å². The predicted octanol–water partition coefficient (Wildman–Crippen LogP) is 5.08. The number of aromatic nitrogens is 1. The van der Waals surface area contributed by atoms with Gasteiger partial charge in [0.25, 0.3) is 5.91 Å². The van der Waals surface area contributed by atoms with E-state index in [0.717, 1.165) is 44.8 Å². The first kappa shape index (κ1) is 18.5. The SMILES string of the molecule is O=C(c1ccc(-c2c(F)cncc2Cl)cc1)N(C1CC1)C1CCC2=C(C=NC2)C1. The molecule has 1 unspecified atom stereocenters. The molecule has 29 heavy (non-hydrogen) atoms. The van der Waals surface area contributed by atoms with Gasteiger partial charge in [0.05, 0.1) is 17.8 Å². The molecule has 0 saturated heterocycles. The van der Waals surface area contributed by atoms with Gasteiger partial charge >= 0.3 is 0 Å². The summed E-state index contributed by atoms with van der Waals surface area (Å²) < 4.78 is 14.2. The molecule has 0 N–H and O–H groups in total. The molecule has 1 fully saturated rings. The number of nitrogens with zero attached hydrogens (tertiary/aromatic N) is 3. The fraction of sp³-hybridized carbons (Fsp3) is 0.348. The van der Waals surface area contributed by atoms with Crippen LogP contribution in [-0.2, 0) is 0 Å². The molecular weight excluding hydrogens is 389 g/mol. The quantitative estimate of drug-likeness (QED) is 0.706. The van der Waals surface area contributed by atoms with Gasteiger partial charge in [-0.1, -0.05) is 23.7 Å². The number of carbonyl (C=O) groups is 1. The Morgan fingerprint density at radius 2 is 1.90 bits per heavy atom. The zero-order valence-electron chi connectivity index (χ0n) is 15.9. The van der Waals surface area contributed by atoms with Gasteiger partial charge in [0.2, 0.25) is 0 Å². The highest BCUT2D eigenvalue weighted by molar-refractivity contribution is 6.33. The summed E-state index contributed by atoms with van der Waals surface area (Å²) in [5.41, 5.74) is 4.33. The van der Waals surface area contributed by atoms with Gasteiger partial charge in [-0.2, -0.15) is 0 Å². The second kappa shape index (κ2) is 7.38. The number of halogens is 2. The number of hydrogen-bond donors (Lipinski definition) is 0. The Balaban J connectivity index is 1.40. The Kier molecular flexibility index (Phi) is 4.70. The van der Waals surface area contributed by atoms with E-state index in [1.807, 2.05) is 6.21 Å². The third kappa shape index (κ3) is 3.48. The van der Waals surface area contributed by atoms with Gasteiger partial charge in [0.15, 0.2) is 5.82 Å². The average molecular weight is 410 g/mol. The first-order valence-corrected chi connectivity index (χ1v) is 10.4. The largest absolute Gasteiger partial charge is 0.332 e. The molecule has 1 aromatic heterocycles. The Morgan fingerprint density at radius 3 is 2.62 bits per heavy atom. The van der Waals surface area contributed by atoms with Gasteiger partial charge in [-0.15, -0.1) is 0 Å². The number of pyridine rings is 1. The van der Waals surface area contributed by atoms with Crippen LogP contribution in [0.4, 0.5) is 4.39 Å².